The molecule has 0 N–H and O–H groups in total. The molecule has 21 heavy (non-hydrogen) atoms. The molecule has 2 aromatic carbocycles. The molecular weight excluding hydrogens is 352 g/mol. The molecule has 0 bridgehead atoms. The molecule has 108 valence electrons. The number of ketones is 1. The monoisotopic (exact) mass is 364 g/mol. The lowest BCUT2D eigenvalue weighted by atomic mass is 10.1. The van der Waals surface area contributed by atoms with Gasteiger partial charge in [0.25, 0.3) is 0 Å². The normalized spacial score (nSPS) is 11.7. The summed E-state index contributed by atoms with van der Waals surface area (Å²) in [5.74, 6) is -0.175. The molecular formula is C16H13BrO3S. The summed E-state index contributed by atoms with van der Waals surface area (Å²) < 4.78 is 23.6. The van der Waals surface area contributed by atoms with Crippen LogP contribution in [0.5, 0.6) is 0 Å². The lowest BCUT2D eigenvalue weighted by molar-refractivity contribution is 0.104. The van der Waals surface area contributed by atoms with E-state index in [9.17, 15) is 13.2 Å². The summed E-state index contributed by atoms with van der Waals surface area (Å²) in [5.41, 5.74) is 1.35. The Morgan fingerprint density at radius 1 is 1.05 bits per heavy atom. The highest BCUT2D eigenvalue weighted by atomic mass is 79.9. The summed E-state index contributed by atoms with van der Waals surface area (Å²) in [7, 11) is -3.24. The summed E-state index contributed by atoms with van der Waals surface area (Å²) in [5, 5.41) is 0. The van der Waals surface area contributed by atoms with E-state index in [0.717, 1.165) is 16.3 Å². The van der Waals surface area contributed by atoms with Gasteiger partial charge in [-0.05, 0) is 48.0 Å². The Morgan fingerprint density at radius 3 is 2.24 bits per heavy atom. The van der Waals surface area contributed by atoms with Gasteiger partial charge in [0.1, 0.15) is 0 Å². The van der Waals surface area contributed by atoms with Crippen molar-refractivity contribution in [3.63, 3.8) is 0 Å². The maximum Gasteiger partial charge on any atom is 0.185 e. The Bertz CT molecular complexity index is 791. The van der Waals surface area contributed by atoms with E-state index in [1.54, 1.807) is 6.08 Å². The first-order valence-corrected chi connectivity index (χ1v) is 8.83. The predicted octanol–water partition coefficient (Wildman–Crippen LogP) is 3.75. The van der Waals surface area contributed by atoms with E-state index in [2.05, 4.69) is 15.9 Å². The molecule has 2 rings (SSSR count). The summed E-state index contributed by atoms with van der Waals surface area (Å²) in [6, 6.07) is 13.5. The molecule has 0 saturated carbocycles. The molecule has 5 heteroatoms. The number of hydrogen-bond acceptors (Lipinski definition) is 3. The van der Waals surface area contributed by atoms with Crippen LogP contribution in [0, 0.1) is 0 Å². The predicted molar refractivity (Wildman–Crippen MR) is 87.1 cm³/mol. The van der Waals surface area contributed by atoms with Gasteiger partial charge in [0.2, 0.25) is 0 Å². The minimum Gasteiger partial charge on any atom is -0.289 e. The van der Waals surface area contributed by atoms with Crippen LogP contribution in [0.4, 0.5) is 0 Å². The molecule has 0 aromatic heterocycles. The number of carbonyl (C=O) groups is 1. The smallest absolute Gasteiger partial charge is 0.185 e. The molecule has 0 amide bonds. The van der Waals surface area contributed by atoms with Gasteiger partial charge in [0.05, 0.1) is 4.90 Å². The average Bonchev–Trinajstić information content (AvgIpc) is 2.45. The topological polar surface area (TPSA) is 51.2 Å². The second-order valence-electron chi connectivity index (χ2n) is 4.52. The van der Waals surface area contributed by atoms with E-state index in [0.29, 0.717) is 5.56 Å². The Hall–Kier alpha value is -1.72. The number of carbonyl (C=O) groups excluding carboxylic acids is 1. The van der Waals surface area contributed by atoms with Crippen LogP contribution in [0.2, 0.25) is 0 Å². The molecule has 0 spiro atoms. The summed E-state index contributed by atoms with van der Waals surface area (Å²) in [4.78, 5) is 12.2. The second-order valence-corrected chi connectivity index (χ2v) is 7.39. The molecule has 0 radical (unpaired) electrons. The van der Waals surface area contributed by atoms with Crippen LogP contribution in [0.3, 0.4) is 0 Å². The first kappa shape index (κ1) is 15.7. The van der Waals surface area contributed by atoms with Gasteiger partial charge < -0.3 is 0 Å². The summed E-state index contributed by atoms with van der Waals surface area (Å²) in [6.07, 6.45) is 4.32. The van der Waals surface area contributed by atoms with E-state index in [4.69, 9.17) is 0 Å². The van der Waals surface area contributed by atoms with Crippen molar-refractivity contribution >= 4 is 37.6 Å². The highest BCUT2D eigenvalue weighted by Crippen LogP contribution is 2.18. The number of allylic oxidation sites excluding steroid dienone is 1. The van der Waals surface area contributed by atoms with Gasteiger partial charge in [-0.2, -0.15) is 0 Å². The molecule has 0 fully saturated rings. The van der Waals surface area contributed by atoms with Crippen molar-refractivity contribution < 1.29 is 13.2 Å². The average molecular weight is 365 g/mol. The Labute approximate surface area is 132 Å². The zero-order valence-corrected chi connectivity index (χ0v) is 13.7. The van der Waals surface area contributed by atoms with Crippen molar-refractivity contribution in [1.82, 2.24) is 0 Å². The molecule has 0 aliphatic carbocycles. The van der Waals surface area contributed by atoms with Gasteiger partial charge in [-0.15, -0.1) is 0 Å². The quantitative estimate of drug-likeness (QED) is 0.613. The summed E-state index contributed by atoms with van der Waals surface area (Å²) >= 11 is 3.40. The fourth-order valence-corrected chi connectivity index (χ4v) is 2.79. The zero-order chi connectivity index (χ0) is 15.5. The van der Waals surface area contributed by atoms with Gasteiger partial charge in [-0.3, -0.25) is 4.79 Å². The standard InChI is InChI=1S/C16H13BrO3S/c1-21(19,20)14-9-6-13(7-10-14)16(18)11-8-12-4-2-3-5-15(12)17/h2-11H,1H3/b11-8+. The van der Waals surface area contributed by atoms with Crippen LogP contribution in [-0.4, -0.2) is 20.5 Å². The molecule has 0 aliphatic heterocycles. The first-order chi connectivity index (χ1) is 9.88. The van der Waals surface area contributed by atoms with Crippen LogP contribution in [0.1, 0.15) is 15.9 Å². The third-order valence-corrected chi connectivity index (χ3v) is 4.74. The summed E-state index contributed by atoms with van der Waals surface area (Å²) in [6.45, 7) is 0. The van der Waals surface area contributed by atoms with Crippen LogP contribution in [0.25, 0.3) is 6.08 Å². The lowest BCUT2D eigenvalue weighted by Gasteiger charge is -2.00. The van der Waals surface area contributed by atoms with E-state index >= 15 is 0 Å². The number of benzene rings is 2. The van der Waals surface area contributed by atoms with Gasteiger partial charge >= 0.3 is 0 Å². The van der Waals surface area contributed by atoms with Crippen LogP contribution in [-0.2, 0) is 9.84 Å². The van der Waals surface area contributed by atoms with E-state index in [1.807, 2.05) is 24.3 Å². The molecule has 0 heterocycles. The molecule has 0 saturated heterocycles. The highest BCUT2D eigenvalue weighted by Gasteiger charge is 2.08. The SMILES string of the molecule is CS(=O)(=O)c1ccc(C(=O)/C=C/c2ccccc2Br)cc1. The lowest BCUT2D eigenvalue weighted by Crippen LogP contribution is -1.99. The number of hydrogen-bond donors (Lipinski definition) is 0. The minimum atomic E-state index is -3.24. The Morgan fingerprint density at radius 2 is 1.67 bits per heavy atom. The van der Waals surface area contributed by atoms with Gasteiger partial charge in [0.15, 0.2) is 15.6 Å². The van der Waals surface area contributed by atoms with Crippen LogP contribution in [0.15, 0.2) is 64.0 Å². The molecule has 2 aromatic rings. The van der Waals surface area contributed by atoms with Crippen molar-refractivity contribution in [3.8, 4) is 0 Å². The van der Waals surface area contributed by atoms with Crippen molar-refractivity contribution in [1.29, 1.82) is 0 Å². The number of sulfone groups is 1. The van der Waals surface area contributed by atoms with Crippen molar-refractivity contribution in [2.24, 2.45) is 0 Å². The van der Waals surface area contributed by atoms with Gasteiger partial charge in [-0.25, -0.2) is 8.42 Å². The first-order valence-electron chi connectivity index (χ1n) is 6.15. The fourth-order valence-electron chi connectivity index (χ4n) is 1.74. The van der Waals surface area contributed by atoms with Crippen molar-refractivity contribution in [3.05, 3.63) is 70.2 Å². The van der Waals surface area contributed by atoms with E-state index in [-0.39, 0.29) is 10.7 Å². The Balaban J connectivity index is 2.20. The maximum absolute atomic E-state index is 12.0. The molecule has 0 aliphatic rings. The third kappa shape index (κ3) is 4.12. The zero-order valence-electron chi connectivity index (χ0n) is 11.3. The highest BCUT2D eigenvalue weighted by molar-refractivity contribution is 9.10. The number of halogens is 1. The maximum atomic E-state index is 12.0. The van der Waals surface area contributed by atoms with E-state index in [1.165, 1.54) is 30.3 Å². The molecule has 0 unspecified atom stereocenters. The fraction of sp³-hybridized carbons (Fsp3) is 0.0625. The van der Waals surface area contributed by atoms with Crippen molar-refractivity contribution in [2.45, 2.75) is 4.90 Å². The third-order valence-electron chi connectivity index (χ3n) is 2.89. The largest absolute Gasteiger partial charge is 0.289 e. The van der Waals surface area contributed by atoms with Crippen LogP contribution < -0.4 is 0 Å². The minimum absolute atomic E-state index is 0.175. The molecule has 0 atom stereocenters. The Kier molecular flexibility index (Phi) is 4.75. The van der Waals surface area contributed by atoms with Gasteiger partial charge in [-0.1, -0.05) is 34.1 Å². The number of rotatable bonds is 4. The van der Waals surface area contributed by atoms with Crippen molar-refractivity contribution in [2.75, 3.05) is 6.26 Å². The van der Waals surface area contributed by atoms with Crippen LogP contribution >= 0.6 is 15.9 Å². The second kappa shape index (κ2) is 6.37. The van der Waals surface area contributed by atoms with Gasteiger partial charge in [0, 0.05) is 16.3 Å². The molecule has 3 nitrogen and oxygen atoms in total. The van der Waals surface area contributed by atoms with E-state index < -0.39 is 9.84 Å².